The van der Waals surface area contributed by atoms with Gasteiger partial charge in [0.2, 0.25) is 0 Å². The SMILES string of the molecule is C=CCOc1ccc([N+](=O)[O-])cc1/C=C1/C(=O)NN(c2ccccc2)C1=O. The second kappa shape index (κ2) is 7.52. The molecule has 27 heavy (non-hydrogen) atoms. The highest BCUT2D eigenvalue weighted by atomic mass is 16.6. The van der Waals surface area contributed by atoms with E-state index in [0.717, 1.165) is 5.01 Å². The highest BCUT2D eigenvalue weighted by Crippen LogP contribution is 2.28. The molecule has 3 rings (SSSR count). The van der Waals surface area contributed by atoms with E-state index in [-0.39, 0.29) is 23.4 Å². The number of non-ortho nitro benzene ring substituents is 1. The van der Waals surface area contributed by atoms with Gasteiger partial charge in [0.1, 0.15) is 17.9 Å². The summed E-state index contributed by atoms with van der Waals surface area (Å²) in [6.45, 7) is 3.72. The maximum atomic E-state index is 12.6. The first-order chi connectivity index (χ1) is 13.0. The van der Waals surface area contributed by atoms with Gasteiger partial charge in [0.05, 0.1) is 10.6 Å². The van der Waals surface area contributed by atoms with Crippen molar-refractivity contribution in [3.05, 3.63) is 82.4 Å². The molecule has 1 aliphatic rings. The molecule has 136 valence electrons. The average Bonchev–Trinajstić information content (AvgIpc) is 2.95. The van der Waals surface area contributed by atoms with Crippen molar-refractivity contribution in [3.8, 4) is 5.75 Å². The van der Waals surface area contributed by atoms with Gasteiger partial charge in [0.15, 0.2) is 0 Å². The molecule has 1 saturated heterocycles. The van der Waals surface area contributed by atoms with Crippen LogP contribution >= 0.6 is 0 Å². The number of carbonyl (C=O) groups is 2. The summed E-state index contributed by atoms with van der Waals surface area (Å²) in [6, 6.07) is 12.6. The number of hydrazine groups is 1. The molecule has 0 spiro atoms. The van der Waals surface area contributed by atoms with E-state index in [1.165, 1.54) is 30.4 Å². The molecule has 8 nitrogen and oxygen atoms in total. The fourth-order valence-corrected chi connectivity index (χ4v) is 2.51. The lowest BCUT2D eigenvalue weighted by molar-refractivity contribution is -0.384. The number of anilines is 1. The second-order valence-corrected chi connectivity index (χ2v) is 5.55. The first-order valence-electron chi connectivity index (χ1n) is 7.95. The Bertz CT molecular complexity index is 953. The monoisotopic (exact) mass is 365 g/mol. The summed E-state index contributed by atoms with van der Waals surface area (Å²) in [5.41, 5.74) is 2.89. The molecular formula is C19H15N3O5. The number of rotatable bonds is 6. The van der Waals surface area contributed by atoms with E-state index in [0.29, 0.717) is 11.4 Å². The van der Waals surface area contributed by atoms with Gasteiger partial charge in [0.25, 0.3) is 17.5 Å². The smallest absolute Gasteiger partial charge is 0.282 e. The molecule has 0 saturated carbocycles. The zero-order chi connectivity index (χ0) is 19.4. The minimum atomic E-state index is -0.606. The second-order valence-electron chi connectivity index (χ2n) is 5.55. The minimum absolute atomic E-state index is 0.150. The lowest BCUT2D eigenvalue weighted by Gasteiger charge is -2.13. The van der Waals surface area contributed by atoms with Crippen molar-refractivity contribution < 1.29 is 19.2 Å². The molecule has 1 N–H and O–H groups in total. The zero-order valence-corrected chi connectivity index (χ0v) is 14.1. The molecule has 0 bridgehead atoms. The molecule has 2 aromatic carbocycles. The Balaban J connectivity index is 2.00. The number of hydrogen-bond donors (Lipinski definition) is 1. The molecule has 0 aromatic heterocycles. The van der Waals surface area contributed by atoms with Crippen molar-refractivity contribution >= 4 is 29.3 Å². The maximum Gasteiger partial charge on any atom is 0.282 e. The largest absolute Gasteiger partial charge is 0.489 e. The van der Waals surface area contributed by atoms with Gasteiger partial charge in [-0.3, -0.25) is 25.1 Å². The number of nitrogens with zero attached hydrogens (tertiary/aromatic N) is 2. The summed E-state index contributed by atoms with van der Waals surface area (Å²) in [5, 5.41) is 12.2. The van der Waals surface area contributed by atoms with Crippen LogP contribution in [0.5, 0.6) is 5.75 Å². The van der Waals surface area contributed by atoms with E-state index in [1.807, 2.05) is 0 Å². The predicted octanol–water partition coefficient (Wildman–Crippen LogP) is 2.62. The van der Waals surface area contributed by atoms with E-state index < -0.39 is 16.7 Å². The normalized spacial score (nSPS) is 15.0. The van der Waals surface area contributed by atoms with Gasteiger partial charge in [-0.1, -0.05) is 30.9 Å². The number of carbonyl (C=O) groups excluding carboxylic acids is 2. The lowest BCUT2D eigenvalue weighted by atomic mass is 10.1. The Labute approximate surface area is 154 Å². The number of para-hydroxylation sites is 1. The highest BCUT2D eigenvalue weighted by molar-refractivity contribution is 6.31. The Morgan fingerprint density at radius 1 is 1.19 bits per heavy atom. The summed E-state index contributed by atoms with van der Waals surface area (Å²) in [6.07, 6.45) is 2.80. The van der Waals surface area contributed by atoms with Gasteiger partial charge >= 0.3 is 0 Å². The Morgan fingerprint density at radius 3 is 2.59 bits per heavy atom. The van der Waals surface area contributed by atoms with Crippen LogP contribution in [-0.4, -0.2) is 23.3 Å². The average molecular weight is 365 g/mol. The summed E-state index contributed by atoms with van der Waals surface area (Å²) < 4.78 is 5.47. The van der Waals surface area contributed by atoms with Crippen LogP contribution in [0.4, 0.5) is 11.4 Å². The third-order valence-corrected chi connectivity index (χ3v) is 3.77. The zero-order valence-electron chi connectivity index (χ0n) is 14.1. The van der Waals surface area contributed by atoms with E-state index in [4.69, 9.17) is 4.74 Å². The number of amides is 2. The van der Waals surface area contributed by atoms with Crippen molar-refractivity contribution in [2.24, 2.45) is 0 Å². The predicted molar refractivity (Wildman–Crippen MR) is 98.8 cm³/mol. The highest BCUT2D eigenvalue weighted by Gasteiger charge is 2.34. The molecule has 8 heteroatoms. The van der Waals surface area contributed by atoms with Crippen LogP contribution in [0.25, 0.3) is 6.08 Å². The van der Waals surface area contributed by atoms with E-state index in [2.05, 4.69) is 12.0 Å². The fraction of sp³-hybridized carbons (Fsp3) is 0.0526. The van der Waals surface area contributed by atoms with Gasteiger partial charge < -0.3 is 4.74 Å². The Hall–Kier alpha value is -3.94. The van der Waals surface area contributed by atoms with Crippen LogP contribution in [0.1, 0.15) is 5.56 Å². The fourth-order valence-electron chi connectivity index (χ4n) is 2.51. The van der Waals surface area contributed by atoms with Gasteiger partial charge in [-0.15, -0.1) is 0 Å². The number of hydrogen-bond acceptors (Lipinski definition) is 5. The van der Waals surface area contributed by atoms with Gasteiger partial charge in [0, 0.05) is 17.7 Å². The molecule has 0 radical (unpaired) electrons. The minimum Gasteiger partial charge on any atom is -0.489 e. The number of benzene rings is 2. The van der Waals surface area contributed by atoms with Crippen molar-refractivity contribution in [1.82, 2.24) is 5.43 Å². The summed E-state index contributed by atoms with van der Waals surface area (Å²) in [4.78, 5) is 35.4. The van der Waals surface area contributed by atoms with Crippen LogP contribution in [0, 0.1) is 10.1 Å². The van der Waals surface area contributed by atoms with Crippen molar-refractivity contribution in [3.63, 3.8) is 0 Å². The molecule has 1 heterocycles. The summed E-state index contributed by atoms with van der Waals surface area (Å²) in [7, 11) is 0. The maximum absolute atomic E-state index is 12.6. The first-order valence-corrected chi connectivity index (χ1v) is 7.95. The Morgan fingerprint density at radius 2 is 1.93 bits per heavy atom. The molecule has 0 unspecified atom stereocenters. The molecule has 2 aromatic rings. The first kappa shape index (κ1) is 17.9. The molecule has 2 amide bonds. The van der Waals surface area contributed by atoms with Gasteiger partial charge in [-0.05, 0) is 24.3 Å². The molecule has 0 atom stereocenters. The summed E-state index contributed by atoms with van der Waals surface area (Å²) in [5.74, 6) is -0.871. The topological polar surface area (TPSA) is 102 Å². The summed E-state index contributed by atoms with van der Waals surface area (Å²) >= 11 is 0. The van der Waals surface area contributed by atoms with E-state index in [9.17, 15) is 19.7 Å². The van der Waals surface area contributed by atoms with Gasteiger partial charge in [-0.25, -0.2) is 5.01 Å². The van der Waals surface area contributed by atoms with E-state index in [1.54, 1.807) is 30.3 Å². The molecule has 1 aliphatic heterocycles. The van der Waals surface area contributed by atoms with Crippen molar-refractivity contribution in [2.75, 3.05) is 11.6 Å². The van der Waals surface area contributed by atoms with Gasteiger partial charge in [-0.2, -0.15) is 0 Å². The van der Waals surface area contributed by atoms with Crippen LogP contribution in [0.2, 0.25) is 0 Å². The van der Waals surface area contributed by atoms with Crippen molar-refractivity contribution in [1.29, 1.82) is 0 Å². The molecule has 0 aliphatic carbocycles. The van der Waals surface area contributed by atoms with Crippen LogP contribution in [-0.2, 0) is 9.59 Å². The third-order valence-electron chi connectivity index (χ3n) is 3.77. The third kappa shape index (κ3) is 3.69. The molecule has 1 fully saturated rings. The quantitative estimate of drug-likeness (QED) is 0.279. The molecular weight excluding hydrogens is 350 g/mol. The number of nitro benzene ring substituents is 1. The van der Waals surface area contributed by atoms with Crippen LogP contribution in [0.15, 0.2) is 66.8 Å². The Kier molecular flexibility index (Phi) is 4.98. The van der Waals surface area contributed by atoms with Crippen molar-refractivity contribution in [2.45, 2.75) is 0 Å². The number of ether oxygens (including phenoxy) is 1. The standard InChI is InChI=1S/C19H15N3O5/c1-2-10-27-17-9-8-15(22(25)26)11-13(17)12-16-18(23)20-21(19(16)24)14-6-4-3-5-7-14/h2-9,11-12H,1,10H2,(H,20,23)/b16-12-. The van der Waals surface area contributed by atoms with E-state index >= 15 is 0 Å². The van der Waals surface area contributed by atoms with Crippen LogP contribution < -0.4 is 15.2 Å². The number of nitro groups is 1. The van der Waals surface area contributed by atoms with Crippen LogP contribution in [0.3, 0.4) is 0 Å². The lowest BCUT2D eigenvalue weighted by Crippen LogP contribution is -2.35. The number of nitrogens with one attached hydrogen (secondary N) is 1.